The zero-order valence-electron chi connectivity index (χ0n) is 11.4. The quantitative estimate of drug-likeness (QED) is 0.840. The summed E-state index contributed by atoms with van der Waals surface area (Å²) < 4.78 is 5.96. The molecule has 0 aliphatic heterocycles. The smallest absolute Gasteiger partial charge is 0.136 e. The lowest BCUT2D eigenvalue weighted by Crippen LogP contribution is -2.16. The van der Waals surface area contributed by atoms with E-state index in [1.165, 1.54) is 4.88 Å². The van der Waals surface area contributed by atoms with Crippen molar-refractivity contribution in [1.29, 1.82) is 5.26 Å². The van der Waals surface area contributed by atoms with Gasteiger partial charge in [0.25, 0.3) is 0 Å². The molecule has 0 fully saturated rings. The fourth-order valence-electron chi connectivity index (χ4n) is 2.01. The molecule has 5 heteroatoms. The van der Waals surface area contributed by atoms with E-state index < -0.39 is 0 Å². The van der Waals surface area contributed by atoms with Gasteiger partial charge in [-0.1, -0.05) is 17.7 Å². The number of hydrogen-bond acceptors (Lipinski definition) is 4. The van der Waals surface area contributed by atoms with Crippen molar-refractivity contribution >= 4 is 22.9 Å². The van der Waals surface area contributed by atoms with Crippen molar-refractivity contribution in [3.63, 3.8) is 0 Å². The van der Waals surface area contributed by atoms with E-state index in [2.05, 4.69) is 11.0 Å². The molecule has 0 bridgehead atoms. The summed E-state index contributed by atoms with van der Waals surface area (Å²) in [6.07, 6.45) is 0. The minimum absolute atomic E-state index is 0.567. The monoisotopic (exact) mass is 306 g/mol. The van der Waals surface area contributed by atoms with Crippen LogP contribution in [0.5, 0.6) is 5.75 Å². The lowest BCUT2D eigenvalue weighted by atomic mass is 10.1. The van der Waals surface area contributed by atoms with E-state index in [1.54, 1.807) is 18.4 Å². The molecule has 0 amide bonds. The highest BCUT2D eigenvalue weighted by atomic mass is 35.5. The summed E-state index contributed by atoms with van der Waals surface area (Å²) in [4.78, 5) is 3.41. The molecule has 0 unspecified atom stereocenters. The molecular formula is C15H15ClN2OS. The highest BCUT2D eigenvalue weighted by Crippen LogP contribution is 2.23. The van der Waals surface area contributed by atoms with Gasteiger partial charge in [-0.3, -0.25) is 4.90 Å². The molecule has 0 saturated heterocycles. The fraction of sp³-hybridized carbons (Fsp3) is 0.267. The zero-order chi connectivity index (χ0) is 14.5. The normalized spacial score (nSPS) is 10.6. The van der Waals surface area contributed by atoms with Crippen molar-refractivity contribution in [1.82, 2.24) is 4.90 Å². The van der Waals surface area contributed by atoms with Gasteiger partial charge < -0.3 is 4.74 Å². The van der Waals surface area contributed by atoms with Crippen LogP contribution in [0.1, 0.15) is 16.0 Å². The van der Waals surface area contributed by atoms with E-state index >= 15 is 0 Å². The molecule has 0 saturated carbocycles. The first-order valence-electron chi connectivity index (χ1n) is 6.12. The van der Waals surface area contributed by atoms with Crippen molar-refractivity contribution in [2.45, 2.75) is 13.1 Å². The zero-order valence-corrected chi connectivity index (χ0v) is 13.0. The summed E-state index contributed by atoms with van der Waals surface area (Å²) in [5.41, 5.74) is 1.66. The minimum atomic E-state index is 0.567. The second-order valence-corrected chi connectivity index (χ2v) is 6.32. The van der Waals surface area contributed by atoms with Crippen LogP contribution in [0, 0.1) is 11.3 Å². The van der Waals surface area contributed by atoms with E-state index in [0.29, 0.717) is 11.3 Å². The van der Waals surface area contributed by atoms with Gasteiger partial charge in [0.15, 0.2) is 0 Å². The second-order valence-electron chi connectivity index (χ2n) is 4.52. The number of ether oxygens (including phenoxy) is 1. The van der Waals surface area contributed by atoms with Crippen molar-refractivity contribution in [3.05, 3.63) is 50.7 Å². The molecule has 0 atom stereocenters. The lowest BCUT2D eigenvalue weighted by molar-refractivity contribution is 0.321. The molecule has 104 valence electrons. The van der Waals surface area contributed by atoms with Crippen molar-refractivity contribution in [3.8, 4) is 11.8 Å². The van der Waals surface area contributed by atoms with Crippen LogP contribution in [-0.4, -0.2) is 19.1 Å². The van der Waals surface area contributed by atoms with Gasteiger partial charge in [-0.25, -0.2) is 0 Å². The Balaban J connectivity index is 2.04. The molecule has 0 aliphatic carbocycles. The number of methoxy groups -OCH3 is 1. The van der Waals surface area contributed by atoms with E-state index in [0.717, 1.165) is 23.0 Å². The summed E-state index contributed by atoms with van der Waals surface area (Å²) in [5.74, 6) is 0.615. The Bertz CT molecular complexity index is 633. The fourth-order valence-corrected chi connectivity index (χ4v) is 3.18. The molecular weight excluding hydrogens is 292 g/mol. The SMILES string of the molecule is COc1ccc(CN(C)Cc2ccc(Cl)s2)cc1C#N. The Labute approximate surface area is 128 Å². The first-order valence-corrected chi connectivity index (χ1v) is 7.31. The topological polar surface area (TPSA) is 36.3 Å². The molecule has 2 aromatic rings. The largest absolute Gasteiger partial charge is 0.495 e. The molecule has 3 nitrogen and oxygen atoms in total. The molecule has 1 aromatic carbocycles. The summed E-state index contributed by atoms with van der Waals surface area (Å²) in [6, 6.07) is 11.8. The molecule has 0 N–H and O–H groups in total. The van der Waals surface area contributed by atoms with E-state index in [1.807, 2.05) is 37.4 Å². The summed E-state index contributed by atoms with van der Waals surface area (Å²) in [6.45, 7) is 1.61. The molecule has 0 spiro atoms. The Kier molecular flexibility index (Phi) is 5.02. The highest BCUT2D eigenvalue weighted by Gasteiger charge is 2.07. The highest BCUT2D eigenvalue weighted by molar-refractivity contribution is 7.16. The Morgan fingerprint density at radius 1 is 1.30 bits per heavy atom. The molecule has 0 radical (unpaired) electrons. The Morgan fingerprint density at radius 3 is 2.70 bits per heavy atom. The van der Waals surface area contributed by atoms with Crippen LogP contribution in [0.25, 0.3) is 0 Å². The Hall–Kier alpha value is -1.54. The van der Waals surface area contributed by atoms with Crippen molar-refractivity contribution < 1.29 is 4.74 Å². The average molecular weight is 307 g/mol. The van der Waals surface area contributed by atoms with Gasteiger partial charge in [-0.2, -0.15) is 5.26 Å². The molecule has 1 aromatic heterocycles. The number of halogens is 1. The Morgan fingerprint density at radius 2 is 2.10 bits per heavy atom. The minimum Gasteiger partial charge on any atom is -0.495 e. The third-order valence-corrected chi connectivity index (χ3v) is 4.11. The van der Waals surface area contributed by atoms with Crippen LogP contribution in [0.2, 0.25) is 4.34 Å². The average Bonchev–Trinajstić information content (AvgIpc) is 2.83. The van der Waals surface area contributed by atoms with E-state index in [4.69, 9.17) is 21.6 Å². The predicted molar refractivity (Wildman–Crippen MR) is 82.2 cm³/mol. The van der Waals surface area contributed by atoms with Gasteiger partial charge >= 0.3 is 0 Å². The van der Waals surface area contributed by atoms with Crippen LogP contribution in [0.3, 0.4) is 0 Å². The molecule has 1 heterocycles. The van der Waals surface area contributed by atoms with Crippen molar-refractivity contribution in [2.24, 2.45) is 0 Å². The summed E-state index contributed by atoms with van der Waals surface area (Å²) >= 11 is 7.52. The van der Waals surface area contributed by atoms with Crippen LogP contribution < -0.4 is 4.74 Å². The third kappa shape index (κ3) is 3.73. The first kappa shape index (κ1) is 14.9. The molecule has 20 heavy (non-hydrogen) atoms. The second kappa shape index (κ2) is 6.76. The van der Waals surface area contributed by atoms with Crippen LogP contribution in [0.4, 0.5) is 0 Å². The number of benzene rings is 1. The predicted octanol–water partition coefficient (Wildman–Crippen LogP) is 3.91. The van der Waals surface area contributed by atoms with Crippen LogP contribution in [0.15, 0.2) is 30.3 Å². The van der Waals surface area contributed by atoms with Gasteiger partial charge in [0, 0.05) is 18.0 Å². The maximum absolute atomic E-state index is 9.09. The summed E-state index contributed by atoms with van der Waals surface area (Å²) in [7, 11) is 3.62. The van der Waals surface area contributed by atoms with Gasteiger partial charge in [0.1, 0.15) is 11.8 Å². The van der Waals surface area contributed by atoms with Gasteiger partial charge in [0.2, 0.25) is 0 Å². The van der Waals surface area contributed by atoms with E-state index in [9.17, 15) is 0 Å². The first-order chi connectivity index (χ1) is 9.62. The number of nitrogens with zero attached hydrogens (tertiary/aromatic N) is 2. The summed E-state index contributed by atoms with van der Waals surface area (Å²) in [5, 5.41) is 9.09. The molecule has 2 rings (SSSR count). The number of rotatable bonds is 5. The number of thiophene rings is 1. The lowest BCUT2D eigenvalue weighted by Gasteiger charge is -2.16. The standard InChI is InChI=1S/C15H15ClN2OS/c1-18(10-13-4-6-15(16)20-13)9-11-3-5-14(19-2)12(7-11)8-17/h3-7H,9-10H2,1-2H3. The number of hydrogen-bond donors (Lipinski definition) is 0. The van der Waals surface area contributed by atoms with Gasteiger partial charge in [0.05, 0.1) is 17.0 Å². The number of nitriles is 1. The maximum atomic E-state index is 9.09. The van der Waals surface area contributed by atoms with Crippen molar-refractivity contribution in [2.75, 3.05) is 14.2 Å². The maximum Gasteiger partial charge on any atom is 0.136 e. The van der Waals surface area contributed by atoms with Gasteiger partial charge in [-0.15, -0.1) is 11.3 Å². The van der Waals surface area contributed by atoms with Crippen LogP contribution in [-0.2, 0) is 13.1 Å². The molecule has 0 aliphatic rings. The third-order valence-electron chi connectivity index (χ3n) is 2.89. The van der Waals surface area contributed by atoms with E-state index in [-0.39, 0.29) is 0 Å². The van der Waals surface area contributed by atoms with Gasteiger partial charge in [-0.05, 0) is 36.9 Å². The van der Waals surface area contributed by atoms with Crippen LogP contribution >= 0.6 is 22.9 Å².